The van der Waals surface area contributed by atoms with E-state index in [4.69, 9.17) is 20.1 Å². The molecule has 0 atom stereocenters. The maximum atomic E-state index is 14.0. The number of nitrogens with zero attached hydrogens (tertiary/aromatic N) is 4. The highest BCUT2D eigenvalue weighted by atomic mass is 19.1. The van der Waals surface area contributed by atoms with Crippen LogP contribution in [0.5, 0.6) is 5.75 Å². The largest absolute Gasteiger partial charge is 0.483 e. The molecular formula is C21H19F2N5O3. The topological polar surface area (TPSA) is 118 Å². The summed E-state index contributed by atoms with van der Waals surface area (Å²) in [5.74, 6) is -1.93. The van der Waals surface area contributed by atoms with Crippen LogP contribution in [-0.2, 0) is 24.3 Å². The van der Waals surface area contributed by atoms with Crippen molar-refractivity contribution in [2.45, 2.75) is 26.4 Å². The second kappa shape index (κ2) is 9.67. The second-order valence-electron chi connectivity index (χ2n) is 6.60. The zero-order valence-corrected chi connectivity index (χ0v) is 16.6. The molecule has 8 nitrogen and oxygen atoms in total. The molecule has 31 heavy (non-hydrogen) atoms. The molecule has 3 aromatic rings. The number of carbonyl (C=O) groups excluding carboxylic acids is 1. The summed E-state index contributed by atoms with van der Waals surface area (Å²) in [5.41, 5.74) is 6.84. The molecule has 0 saturated carbocycles. The summed E-state index contributed by atoms with van der Waals surface area (Å²) in [6.45, 7) is 1.33. The minimum atomic E-state index is -0.798. The SMILES string of the molecule is CCc1c(F)cc(F)cc1OCC(=O)N(Cc1ccc(C#N)cc1)Cc1nnc(N)o1. The number of ether oxygens (including phenoxy) is 1. The molecule has 0 aliphatic carbocycles. The van der Waals surface area contributed by atoms with Crippen LogP contribution in [0.4, 0.5) is 14.8 Å². The molecule has 1 amide bonds. The van der Waals surface area contributed by atoms with Crippen molar-refractivity contribution in [1.82, 2.24) is 15.1 Å². The van der Waals surface area contributed by atoms with E-state index in [9.17, 15) is 13.6 Å². The standard InChI is InChI=1S/C21H19F2N5O3/c1-2-16-17(23)7-15(22)8-18(16)30-12-20(29)28(11-19-26-27-21(25)31-19)10-14-5-3-13(9-24)4-6-14/h3-8H,2,10-12H2,1H3,(H2,25,27). The molecule has 0 spiro atoms. The summed E-state index contributed by atoms with van der Waals surface area (Å²) < 4.78 is 38.1. The number of halogens is 2. The van der Waals surface area contributed by atoms with Gasteiger partial charge in [0.2, 0.25) is 5.89 Å². The van der Waals surface area contributed by atoms with Gasteiger partial charge in [0, 0.05) is 24.2 Å². The maximum absolute atomic E-state index is 14.0. The van der Waals surface area contributed by atoms with E-state index in [1.54, 1.807) is 31.2 Å². The first-order valence-corrected chi connectivity index (χ1v) is 9.35. The zero-order chi connectivity index (χ0) is 22.4. The van der Waals surface area contributed by atoms with E-state index < -0.39 is 24.1 Å². The van der Waals surface area contributed by atoms with Crippen LogP contribution >= 0.6 is 0 Å². The average molecular weight is 427 g/mol. The van der Waals surface area contributed by atoms with Crippen molar-refractivity contribution in [3.63, 3.8) is 0 Å². The predicted molar refractivity (Wildman–Crippen MR) is 105 cm³/mol. The van der Waals surface area contributed by atoms with Crippen molar-refractivity contribution >= 4 is 11.9 Å². The van der Waals surface area contributed by atoms with E-state index in [0.717, 1.165) is 17.7 Å². The number of nitrogens with two attached hydrogens (primary N) is 1. The number of rotatable bonds is 8. The number of benzene rings is 2. The minimum Gasteiger partial charge on any atom is -0.483 e. The van der Waals surface area contributed by atoms with Gasteiger partial charge in [-0.2, -0.15) is 5.26 Å². The third kappa shape index (κ3) is 5.54. The van der Waals surface area contributed by atoms with Crippen LogP contribution in [0.2, 0.25) is 0 Å². The molecule has 3 rings (SSSR count). The van der Waals surface area contributed by atoms with Crippen molar-refractivity contribution < 1.29 is 22.7 Å². The van der Waals surface area contributed by atoms with E-state index >= 15 is 0 Å². The molecular weight excluding hydrogens is 408 g/mol. The lowest BCUT2D eigenvalue weighted by Gasteiger charge is -2.22. The molecule has 1 heterocycles. The fourth-order valence-electron chi connectivity index (χ4n) is 2.91. The van der Waals surface area contributed by atoms with Crippen LogP contribution in [0, 0.1) is 23.0 Å². The lowest BCUT2D eigenvalue weighted by atomic mass is 10.1. The van der Waals surface area contributed by atoms with Gasteiger partial charge in [-0.1, -0.05) is 24.2 Å². The first kappa shape index (κ1) is 21.7. The molecule has 160 valence electrons. The van der Waals surface area contributed by atoms with Crippen LogP contribution in [-0.4, -0.2) is 27.6 Å². The summed E-state index contributed by atoms with van der Waals surface area (Å²) in [4.78, 5) is 14.2. The quantitative estimate of drug-likeness (QED) is 0.587. The summed E-state index contributed by atoms with van der Waals surface area (Å²) in [7, 11) is 0. The Balaban J connectivity index is 1.77. The number of anilines is 1. The number of hydrogen-bond acceptors (Lipinski definition) is 7. The number of nitriles is 1. The maximum Gasteiger partial charge on any atom is 0.312 e. The third-order valence-electron chi connectivity index (χ3n) is 4.44. The summed E-state index contributed by atoms with van der Waals surface area (Å²) in [5, 5.41) is 16.3. The first-order valence-electron chi connectivity index (χ1n) is 9.35. The molecule has 0 saturated heterocycles. The molecule has 0 aliphatic rings. The molecule has 1 aromatic heterocycles. The van der Waals surface area contributed by atoms with Gasteiger partial charge in [0.1, 0.15) is 17.4 Å². The Bertz CT molecular complexity index is 1110. The fourth-order valence-corrected chi connectivity index (χ4v) is 2.91. The van der Waals surface area contributed by atoms with Gasteiger partial charge in [0.15, 0.2) is 6.61 Å². The van der Waals surface area contributed by atoms with Crippen LogP contribution in [0.25, 0.3) is 0 Å². The Hall–Kier alpha value is -4.00. The Kier molecular flexibility index (Phi) is 6.77. The summed E-state index contributed by atoms with van der Waals surface area (Å²) >= 11 is 0. The van der Waals surface area contributed by atoms with Crippen LogP contribution < -0.4 is 10.5 Å². The van der Waals surface area contributed by atoms with Gasteiger partial charge in [-0.3, -0.25) is 4.79 Å². The van der Waals surface area contributed by atoms with Gasteiger partial charge in [0.25, 0.3) is 5.91 Å². The van der Waals surface area contributed by atoms with E-state index in [2.05, 4.69) is 10.2 Å². The average Bonchev–Trinajstić information content (AvgIpc) is 3.16. The molecule has 0 aliphatic heterocycles. The minimum absolute atomic E-state index is 0.0336. The van der Waals surface area contributed by atoms with Gasteiger partial charge in [-0.25, -0.2) is 8.78 Å². The zero-order valence-electron chi connectivity index (χ0n) is 16.6. The van der Waals surface area contributed by atoms with E-state index in [0.29, 0.717) is 5.56 Å². The number of carbonyl (C=O) groups is 1. The lowest BCUT2D eigenvalue weighted by Crippen LogP contribution is -2.34. The van der Waals surface area contributed by atoms with E-state index in [1.165, 1.54) is 4.90 Å². The van der Waals surface area contributed by atoms with Crippen molar-refractivity contribution in [2.24, 2.45) is 0 Å². The molecule has 0 radical (unpaired) electrons. The predicted octanol–water partition coefficient (Wildman–Crippen LogP) is 2.97. The number of amides is 1. The lowest BCUT2D eigenvalue weighted by molar-refractivity contribution is -0.135. The van der Waals surface area contributed by atoms with E-state index in [1.807, 2.05) is 6.07 Å². The fraction of sp³-hybridized carbons (Fsp3) is 0.238. The molecule has 2 N–H and O–H groups in total. The van der Waals surface area contributed by atoms with Gasteiger partial charge >= 0.3 is 6.01 Å². The van der Waals surface area contributed by atoms with Gasteiger partial charge in [-0.05, 0) is 24.1 Å². The highest BCUT2D eigenvalue weighted by molar-refractivity contribution is 5.77. The van der Waals surface area contributed by atoms with E-state index in [-0.39, 0.29) is 42.7 Å². The normalized spacial score (nSPS) is 10.5. The van der Waals surface area contributed by atoms with Crippen molar-refractivity contribution in [3.05, 3.63) is 70.6 Å². The Morgan fingerprint density at radius 3 is 2.58 bits per heavy atom. The number of aromatic nitrogens is 2. The highest BCUT2D eigenvalue weighted by Crippen LogP contribution is 2.24. The van der Waals surface area contributed by atoms with Gasteiger partial charge in [-0.15, -0.1) is 5.10 Å². The van der Waals surface area contributed by atoms with Gasteiger partial charge in [0.05, 0.1) is 18.2 Å². The molecule has 10 heteroatoms. The Morgan fingerprint density at radius 1 is 1.23 bits per heavy atom. The number of hydrogen-bond donors (Lipinski definition) is 1. The third-order valence-corrected chi connectivity index (χ3v) is 4.44. The molecule has 0 fully saturated rings. The smallest absolute Gasteiger partial charge is 0.312 e. The number of nitrogen functional groups attached to an aromatic ring is 1. The second-order valence-corrected chi connectivity index (χ2v) is 6.60. The van der Waals surface area contributed by atoms with Crippen molar-refractivity contribution in [1.29, 1.82) is 5.26 Å². The van der Waals surface area contributed by atoms with Crippen LogP contribution in [0.1, 0.15) is 29.5 Å². The summed E-state index contributed by atoms with van der Waals surface area (Å²) in [6.07, 6.45) is 0.270. The first-order chi connectivity index (χ1) is 14.9. The molecule has 2 aromatic carbocycles. The van der Waals surface area contributed by atoms with Gasteiger partial charge < -0.3 is 19.8 Å². The molecule has 0 bridgehead atoms. The highest BCUT2D eigenvalue weighted by Gasteiger charge is 2.20. The van der Waals surface area contributed by atoms with Crippen molar-refractivity contribution in [2.75, 3.05) is 12.3 Å². The monoisotopic (exact) mass is 427 g/mol. The van der Waals surface area contributed by atoms with Crippen LogP contribution in [0.3, 0.4) is 0 Å². The molecule has 0 unspecified atom stereocenters. The van der Waals surface area contributed by atoms with Crippen molar-refractivity contribution in [3.8, 4) is 11.8 Å². The Morgan fingerprint density at radius 2 is 1.97 bits per heavy atom. The Labute approximate surface area is 176 Å². The van der Waals surface area contributed by atoms with Crippen LogP contribution in [0.15, 0.2) is 40.8 Å². The summed E-state index contributed by atoms with van der Waals surface area (Å²) in [6, 6.07) is 10.4.